The molecule has 1 aliphatic heterocycles. The van der Waals surface area contributed by atoms with Crippen LogP contribution >= 0.6 is 0 Å². The first kappa shape index (κ1) is 22.4. The van der Waals surface area contributed by atoms with E-state index in [1.54, 1.807) is 0 Å². The summed E-state index contributed by atoms with van der Waals surface area (Å²) in [5.41, 5.74) is 5.18. The molecule has 0 saturated carbocycles. The van der Waals surface area contributed by atoms with Crippen LogP contribution in [0.25, 0.3) is 0 Å². The van der Waals surface area contributed by atoms with Gasteiger partial charge in [0, 0.05) is 44.8 Å². The summed E-state index contributed by atoms with van der Waals surface area (Å²) in [5, 5.41) is 0. The normalized spacial score (nSPS) is 15.7. The van der Waals surface area contributed by atoms with Crippen molar-refractivity contribution in [2.24, 2.45) is 0 Å². The standard InChI is InChI=1S/C29H36N2O/c1-23(2)26-20-24(3)21-28(22-26)32-29(25-10-6-4-7-11-25)14-15-30-16-18-31(19-17-30)27-12-8-5-9-13-27/h4-13,20-23,29H,14-19H2,1-3H3. The minimum atomic E-state index is 0.0603. The van der Waals surface area contributed by atoms with Gasteiger partial charge in [-0.15, -0.1) is 0 Å². The number of ether oxygens (including phenoxy) is 1. The van der Waals surface area contributed by atoms with E-state index < -0.39 is 0 Å². The fraction of sp³-hybridized carbons (Fsp3) is 0.379. The van der Waals surface area contributed by atoms with Gasteiger partial charge in [0.25, 0.3) is 0 Å². The molecule has 0 bridgehead atoms. The average Bonchev–Trinajstić information content (AvgIpc) is 2.83. The zero-order valence-corrected chi connectivity index (χ0v) is 19.7. The number of hydrogen-bond donors (Lipinski definition) is 0. The van der Waals surface area contributed by atoms with Gasteiger partial charge in [0.15, 0.2) is 0 Å². The third kappa shape index (κ3) is 5.92. The Labute approximate surface area is 193 Å². The fourth-order valence-corrected chi connectivity index (χ4v) is 4.47. The summed E-state index contributed by atoms with van der Waals surface area (Å²) in [7, 11) is 0. The first-order valence-corrected chi connectivity index (χ1v) is 11.9. The molecule has 1 atom stereocenters. The van der Waals surface area contributed by atoms with Crippen molar-refractivity contribution in [3.8, 4) is 5.75 Å². The predicted octanol–water partition coefficient (Wildman–Crippen LogP) is 6.45. The van der Waals surface area contributed by atoms with Crippen molar-refractivity contribution in [3.05, 3.63) is 95.6 Å². The quantitative estimate of drug-likeness (QED) is 0.410. The van der Waals surface area contributed by atoms with Crippen molar-refractivity contribution in [2.75, 3.05) is 37.6 Å². The number of rotatable bonds is 8. The van der Waals surface area contributed by atoms with Gasteiger partial charge in [-0.1, -0.05) is 68.4 Å². The molecular formula is C29H36N2O. The highest BCUT2D eigenvalue weighted by molar-refractivity contribution is 5.46. The molecule has 1 saturated heterocycles. The number of anilines is 1. The van der Waals surface area contributed by atoms with E-state index in [9.17, 15) is 0 Å². The molecule has 0 aromatic heterocycles. The Balaban J connectivity index is 1.40. The molecule has 32 heavy (non-hydrogen) atoms. The van der Waals surface area contributed by atoms with Gasteiger partial charge < -0.3 is 9.64 Å². The molecule has 3 aromatic carbocycles. The van der Waals surface area contributed by atoms with Gasteiger partial charge in [-0.2, -0.15) is 0 Å². The van der Waals surface area contributed by atoms with Gasteiger partial charge in [-0.3, -0.25) is 4.90 Å². The van der Waals surface area contributed by atoms with Crippen LogP contribution in [0.3, 0.4) is 0 Å². The summed E-state index contributed by atoms with van der Waals surface area (Å²) in [4.78, 5) is 5.07. The summed E-state index contributed by atoms with van der Waals surface area (Å²) in [6.07, 6.45) is 1.05. The van der Waals surface area contributed by atoms with Crippen molar-refractivity contribution in [1.82, 2.24) is 4.90 Å². The lowest BCUT2D eigenvalue weighted by atomic mass is 10.0. The summed E-state index contributed by atoms with van der Waals surface area (Å²) in [5.74, 6) is 1.48. The topological polar surface area (TPSA) is 15.7 Å². The second kappa shape index (κ2) is 10.7. The number of hydrogen-bond acceptors (Lipinski definition) is 3. The number of nitrogens with zero attached hydrogens (tertiary/aromatic N) is 2. The van der Waals surface area contributed by atoms with E-state index in [1.165, 1.54) is 22.4 Å². The maximum atomic E-state index is 6.62. The molecule has 0 aliphatic carbocycles. The lowest BCUT2D eigenvalue weighted by Crippen LogP contribution is -2.46. The molecule has 3 nitrogen and oxygen atoms in total. The Kier molecular flexibility index (Phi) is 7.49. The lowest BCUT2D eigenvalue weighted by Gasteiger charge is -2.36. The highest BCUT2D eigenvalue weighted by Crippen LogP contribution is 2.29. The molecule has 0 spiro atoms. The minimum absolute atomic E-state index is 0.0603. The van der Waals surface area contributed by atoms with Crippen LogP contribution < -0.4 is 9.64 Å². The molecular weight excluding hydrogens is 392 g/mol. The van der Waals surface area contributed by atoms with Crippen LogP contribution in [0.4, 0.5) is 5.69 Å². The van der Waals surface area contributed by atoms with E-state index in [0.29, 0.717) is 5.92 Å². The van der Waals surface area contributed by atoms with E-state index in [0.717, 1.165) is 44.9 Å². The second-order valence-corrected chi connectivity index (χ2v) is 9.20. The van der Waals surface area contributed by atoms with Gasteiger partial charge in [0.05, 0.1) is 0 Å². The third-order valence-electron chi connectivity index (χ3n) is 6.39. The van der Waals surface area contributed by atoms with Crippen molar-refractivity contribution in [2.45, 2.75) is 39.2 Å². The van der Waals surface area contributed by atoms with Crippen LogP contribution in [0, 0.1) is 6.92 Å². The molecule has 0 radical (unpaired) electrons. The van der Waals surface area contributed by atoms with Crippen molar-refractivity contribution in [1.29, 1.82) is 0 Å². The molecule has 1 unspecified atom stereocenters. The Morgan fingerprint density at radius 1 is 0.781 bits per heavy atom. The van der Waals surface area contributed by atoms with Crippen molar-refractivity contribution < 1.29 is 4.74 Å². The van der Waals surface area contributed by atoms with E-state index in [-0.39, 0.29) is 6.10 Å². The van der Waals surface area contributed by atoms with Crippen molar-refractivity contribution in [3.63, 3.8) is 0 Å². The smallest absolute Gasteiger partial charge is 0.125 e. The third-order valence-corrected chi connectivity index (χ3v) is 6.39. The summed E-state index contributed by atoms with van der Waals surface area (Å²) < 4.78 is 6.62. The number of aryl methyl sites for hydroxylation is 1. The number of para-hydroxylation sites is 1. The van der Waals surface area contributed by atoms with Gasteiger partial charge in [0.2, 0.25) is 0 Å². The zero-order valence-electron chi connectivity index (χ0n) is 19.7. The van der Waals surface area contributed by atoms with Gasteiger partial charge in [-0.05, 0) is 53.8 Å². The Morgan fingerprint density at radius 3 is 2.09 bits per heavy atom. The monoisotopic (exact) mass is 428 g/mol. The second-order valence-electron chi connectivity index (χ2n) is 9.20. The maximum Gasteiger partial charge on any atom is 0.125 e. The largest absolute Gasteiger partial charge is 0.486 e. The molecule has 0 amide bonds. The summed E-state index contributed by atoms with van der Waals surface area (Å²) in [6, 6.07) is 28.1. The molecule has 4 rings (SSSR count). The summed E-state index contributed by atoms with van der Waals surface area (Å²) >= 11 is 0. The SMILES string of the molecule is Cc1cc(OC(CCN2CCN(c3ccccc3)CC2)c2ccccc2)cc(C(C)C)c1. The molecule has 168 valence electrons. The zero-order chi connectivity index (χ0) is 22.3. The Hall–Kier alpha value is -2.78. The highest BCUT2D eigenvalue weighted by Gasteiger charge is 2.20. The molecule has 3 aromatic rings. The van der Waals surface area contributed by atoms with E-state index >= 15 is 0 Å². The highest BCUT2D eigenvalue weighted by atomic mass is 16.5. The van der Waals surface area contributed by atoms with Gasteiger partial charge in [-0.25, -0.2) is 0 Å². The van der Waals surface area contributed by atoms with Crippen LogP contribution in [0.5, 0.6) is 5.75 Å². The van der Waals surface area contributed by atoms with E-state index in [4.69, 9.17) is 4.74 Å². The molecule has 0 N–H and O–H groups in total. The fourth-order valence-electron chi connectivity index (χ4n) is 4.47. The first-order chi connectivity index (χ1) is 15.6. The minimum Gasteiger partial charge on any atom is -0.486 e. The van der Waals surface area contributed by atoms with Crippen LogP contribution in [0.2, 0.25) is 0 Å². The average molecular weight is 429 g/mol. The van der Waals surface area contributed by atoms with Crippen LogP contribution in [-0.4, -0.2) is 37.6 Å². The number of piperazine rings is 1. The number of benzene rings is 3. The first-order valence-electron chi connectivity index (χ1n) is 11.9. The lowest BCUT2D eigenvalue weighted by molar-refractivity contribution is 0.160. The maximum absolute atomic E-state index is 6.62. The van der Waals surface area contributed by atoms with E-state index in [2.05, 4.69) is 109 Å². The van der Waals surface area contributed by atoms with Gasteiger partial charge >= 0.3 is 0 Å². The predicted molar refractivity (Wildman–Crippen MR) is 135 cm³/mol. The molecule has 1 fully saturated rings. The molecule has 1 aliphatic rings. The molecule has 1 heterocycles. The van der Waals surface area contributed by atoms with Crippen LogP contribution in [-0.2, 0) is 0 Å². The van der Waals surface area contributed by atoms with Crippen LogP contribution in [0.1, 0.15) is 49.0 Å². The van der Waals surface area contributed by atoms with Crippen LogP contribution in [0.15, 0.2) is 78.9 Å². The Morgan fingerprint density at radius 2 is 1.44 bits per heavy atom. The summed E-state index contributed by atoms with van der Waals surface area (Å²) in [6.45, 7) is 12.0. The van der Waals surface area contributed by atoms with Gasteiger partial charge in [0.1, 0.15) is 11.9 Å². The molecule has 3 heteroatoms. The van der Waals surface area contributed by atoms with E-state index in [1.807, 2.05) is 0 Å². The van der Waals surface area contributed by atoms with Crippen molar-refractivity contribution >= 4 is 5.69 Å². The Bertz CT molecular complexity index is 963.